The number of benzene rings is 4. The van der Waals surface area contributed by atoms with Crippen LogP contribution < -0.4 is 48.6 Å². The van der Waals surface area contributed by atoms with E-state index in [-0.39, 0.29) is 24.8 Å². The summed E-state index contributed by atoms with van der Waals surface area (Å²) in [7, 11) is 8.39. The lowest BCUT2D eigenvalue weighted by molar-refractivity contribution is -0.697. The zero-order valence-electron chi connectivity index (χ0n) is 39.2. The Balaban J connectivity index is 0.00000350. The molecule has 2 bridgehead atoms. The molecule has 0 fully saturated rings. The second kappa shape index (κ2) is 24.5. The maximum absolute atomic E-state index is 2.68. The minimum Gasteiger partial charge on any atom is -1.00 e. The number of halogens is 2. The summed E-state index contributed by atoms with van der Waals surface area (Å²) in [4.78, 5) is 14.9. The van der Waals surface area contributed by atoms with E-state index in [4.69, 9.17) is 0 Å². The zero-order chi connectivity index (χ0) is 43.4. The molecule has 65 heavy (non-hydrogen) atoms. The maximum atomic E-state index is 2.68. The van der Waals surface area contributed by atoms with Crippen LogP contribution in [0, 0.1) is 0 Å². The molecule has 2 aromatic heterocycles. The Morgan fingerprint density at radius 1 is 0.446 bits per heavy atom. The summed E-state index contributed by atoms with van der Waals surface area (Å²) in [5.74, 6) is 0. The smallest absolute Gasteiger partial charge is 0.170 e. The van der Waals surface area contributed by atoms with Crippen molar-refractivity contribution in [3.8, 4) is 0 Å². The van der Waals surface area contributed by atoms with E-state index in [9.17, 15) is 0 Å². The van der Waals surface area contributed by atoms with E-state index in [0.717, 1.165) is 111 Å². The Morgan fingerprint density at radius 3 is 1.22 bits per heavy atom. The predicted octanol–water partition coefficient (Wildman–Crippen LogP) is 2.18. The number of fused-ring (bicyclic) bond motifs is 6. The standard InChI is InChI=1S/C55H70N8.2ClH/c1-56(2)52-25-37-60(38-26-52)31-11-29-58(33-21-46-13-7-5-8-14-46)35-23-48-17-19-54-50(41-48)43-62-44-51-42-49(18-20-55(51)63(54)45-62)24-36-59(34-22-47-15-9-6-10-16-47)30-12-32-61-39-27-53(28-40-61)57(3)4;;/h5-10,13-20,25-28,37-42H,11-12,21-24,29-36,43-45H2,1-4H3;2*1H/q+2;;/p-2. The molecule has 0 aliphatic carbocycles. The molecule has 8 rings (SSSR count). The molecule has 0 radical (unpaired) electrons. The van der Waals surface area contributed by atoms with Gasteiger partial charge in [0, 0.05) is 140 Å². The molecule has 4 heterocycles. The van der Waals surface area contributed by atoms with Crippen LogP contribution in [-0.2, 0) is 51.9 Å². The number of hydrogen-bond donors (Lipinski definition) is 0. The van der Waals surface area contributed by atoms with Crippen LogP contribution in [0.25, 0.3) is 0 Å². The van der Waals surface area contributed by atoms with Crippen molar-refractivity contribution in [2.45, 2.75) is 64.7 Å². The normalized spacial score (nSPS) is 12.9. The van der Waals surface area contributed by atoms with Crippen LogP contribution in [0.1, 0.15) is 46.2 Å². The number of aromatic nitrogens is 2. The van der Waals surface area contributed by atoms with Crippen LogP contribution in [0.3, 0.4) is 0 Å². The fraction of sp³-hybridized carbons (Fsp3) is 0.382. The molecule has 4 aromatic carbocycles. The second-order valence-electron chi connectivity index (χ2n) is 18.2. The van der Waals surface area contributed by atoms with Crippen molar-refractivity contribution in [3.05, 3.63) is 179 Å². The van der Waals surface area contributed by atoms with E-state index in [1.54, 1.807) is 0 Å². The highest BCUT2D eigenvalue weighted by molar-refractivity contribution is 5.72. The largest absolute Gasteiger partial charge is 1.00 e. The molecule has 344 valence electrons. The van der Waals surface area contributed by atoms with Crippen molar-refractivity contribution >= 4 is 22.7 Å². The molecule has 6 aromatic rings. The van der Waals surface area contributed by atoms with Crippen molar-refractivity contribution in [1.82, 2.24) is 14.7 Å². The lowest BCUT2D eigenvalue weighted by Gasteiger charge is -2.44. The monoisotopic (exact) mass is 913 g/mol. The first-order chi connectivity index (χ1) is 30.8. The number of anilines is 4. The predicted molar refractivity (Wildman–Crippen MR) is 261 cm³/mol. The summed E-state index contributed by atoms with van der Waals surface area (Å²) in [5.41, 5.74) is 13.9. The van der Waals surface area contributed by atoms with Crippen molar-refractivity contribution < 1.29 is 33.9 Å². The summed E-state index contributed by atoms with van der Waals surface area (Å²) in [6.07, 6.45) is 15.4. The van der Waals surface area contributed by atoms with E-state index in [0.29, 0.717) is 0 Å². The Labute approximate surface area is 402 Å². The molecule has 8 nitrogen and oxygen atoms in total. The summed E-state index contributed by atoms with van der Waals surface area (Å²) in [6.45, 7) is 11.5. The maximum Gasteiger partial charge on any atom is 0.170 e. The van der Waals surface area contributed by atoms with Gasteiger partial charge in [-0.1, -0.05) is 84.9 Å². The highest BCUT2D eigenvalue weighted by atomic mass is 35.5. The van der Waals surface area contributed by atoms with E-state index < -0.39 is 0 Å². The number of pyridine rings is 2. The second-order valence-corrected chi connectivity index (χ2v) is 18.2. The van der Waals surface area contributed by atoms with Crippen molar-refractivity contribution in [1.29, 1.82) is 0 Å². The van der Waals surface area contributed by atoms with Gasteiger partial charge < -0.3 is 49.3 Å². The van der Waals surface area contributed by atoms with Gasteiger partial charge in [-0.25, -0.2) is 9.13 Å². The van der Waals surface area contributed by atoms with E-state index in [2.05, 4.69) is 213 Å². The lowest BCUT2D eigenvalue weighted by atomic mass is 9.97. The van der Waals surface area contributed by atoms with Crippen molar-refractivity contribution in [2.24, 2.45) is 0 Å². The summed E-state index contributed by atoms with van der Waals surface area (Å²) >= 11 is 0. The van der Waals surface area contributed by atoms with Gasteiger partial charge >= 0.3 is 0 Å². The summed E-state index contributed by atoms with van der Waals surface area (Å²) in [6, 6.07) is 45.4. The molecule has 0 unspecified atom stereocenters. The van der Waals surface area contributed by atoms with Gasteiger partial charge in [0.15, 0.2) is 24.8 Å². The van der Waals surface area contributed by atoms with Crippen molar-refractivity contribution in [2.75, 3.05) is 88.8 Å². The highest BCUT2D eigenvalue weighted by Crippen LogP contribution is 2.41. The number of nitrogens with zero attached hydrogens (tertiary/aromatic N) is 8. The third-order valence-electron chi connectivity index (χ3n) is 13.1. The van der Waals surface area contributed by atoms with Gasteiger partial charge in [0.25, 0.3) is 0 Å². The van der Waals surface area contributed by atoms with Gasteiger partial charge in [-0.05, 0) is 71.2 Å². The van der Waals surface area contributed by atoms with Gasteiger partial charge in [-0.2, -0.15) is 0 Å². The fourth-order valence-corrected chi connectivity index (χ4v) is 9.34. The zero-order valence-corrected chi connectivity index (χ0v) is 40.7. The van der Waals surface area contributed by atoms with Crippen LogP contribution in [0.4, 0.5) is 22.7 Å². The third kappa shape index (κ3) is 14.0. The minimum absolute atomic E-state index is 0. The first kappa shape index (κ1) is 49.5. The van der Waals surface area contributed by atoms with Crippen LogP contribution in [0.5, 0.6) is 0 Å². The molecule has 0 amide bonds. The van der Waals surface area contributed by atoms with Crippen LogP contribution in [-0.4, -0.2) is 88.8 Å². The van der Waals surface area contributed by atoms with Gasteiger partial charge in [0.05, 0.1) is 6.67 Å². The molecule has 0 saturated carbocycles. The van der Waals surface area contributed by atoms with Gasteiger partial charge in [0.1, 0.15) is 13.1 Å². The summed E-state index contributed by atoms with van der Waals surface area (Å²) in [5, 5.41) is 0. The molecule has 0 spiro atoms. The Bertz CT molecular complexity index is 2160. The van der Waals surface area contributed by atoms with E-state index >= 15 is 0 Å². The van der Waals surface area contributed by atoms with Crippen LogP contribution in [0.15, 0.2) is 146 Å². The minimum atomic E-state index is 0. The average Bonchev–Trinajstić information content (AvgIpc) is 3.31. The Hall–Kier alpha value is -4.96. The first-order valence-corrected chi connectivity index (χ1v) is 23.4. The Kier molecular flexibility index (Phi) is 18.7. The van der Waals surface area contributed by atoms with Gasteiger partial charge in [-0.15, -0.1) is 0 Å². The van der Waals surface area contributed by atoms with Gasteiger partial charge in [0.2, 0.25) is 0 Å². The molecule has 0 N–H and O–H groups in total. The van der Waals surface area contributed by atoms with Crippen LogP contribution in [0.2, 0.25) is 0 Å². The van der Waals surface area contributed by atoms with E-state index in [1.165, 1.54) is 56.1 Å². The topological polar surface area (TPSA) is 27.2 Å². The van der Waals surface area contributed by atoms with Crippen LogP contribution >= 0.6 is 0 Å². The molecule has 0 saturated heterocycles. The number of hydrogen-bond acceptors (Lipinski definition) is 6. The molecular formula is C55H70Cl2N8. The van der Waals surface area contributed by atoms with E-state index in [1.807, 2.05) is 0 Å². The number of aryl methyl sites for hydroxylation is 2. The fourth-order valence-electron chi connectivity index (χ4n) is 9.34. The molecule has 0 atom stereocenters. The SMILES string of the molecule is CN(C)c1cc[n+](CCCN(CCc2ccccc2)CCc2ccc3c(c2)CN2Cc4cc(CCN(CCC[n+]5ccc(N(C)C)cc5)CCc5ccccc5)ccc4N3C2)cc1.[Cl-].[Cl-]. The number of rotatable bonds is 22. The Morgan fingerprint density at radius 2 is 0.831 bits per heavy atom. The molecule has 2 aliphatic heterocycles. The quantitative estimate of drug-likeness (QED) is 0.0972. The lowest BCUT2D eigenvalue weighted by Crippen LogP contribution is -3.00. The average molecular weight is 914 g/mol. The molecular weight excluding hydrogens is 844 g/mol. The third-order valence-corrected chi connectivity index (χ3v) is 13.1. The van der Waals surface area contributed by atoms with Gasteiger partial charge in [-0.3, -0.25) is 4.90 Å². The first-order valence-electron chi connectivity index (χ1n) is 23.4. The highest BCUT2D eigenvalue weighted by Gasteiger charge is 2.30. The summed E-state index contributed by atoms with van der Waals surface area (Å²) < 4.78 is 4.65. The van der Waals surface area contributed by atoms with Crippen molar-refractivity contribution in [3.63, 3.8) is 0 Å². The molecule has 2 aliphatic rings. The molecule has 10 heteroatoms.